The fourth-order valence-corrected chi connectivity index (χ4v) is 4.83. The summed E-state index contributed by atoms with van der Waals surface area (Å²) < 4.78 is 0. The zero-order chi connectivity index (χ0) is 22.7. The maximum absolute atomic E-state index is 13.0. The summed E-state index contributed by atoms with van der Waals surface area (Å²) in [7, 11) is 1.65. The monoisotopic (exact) mass is 470 g/mol. The molecule has 2 aliphatic heterocycles. The number of aromatic nitrogens is 1. The number of carbonyl (C=O) groups excluding carboxylic acids is 2. The van der Waals surface area contributed by atoms with E-state index in [9.17, 15) is 9.59 Å². The van der Waals surface area contributed by atoms with Crippen LogP contribution in [0.5, 0.6) is 0 Å². The van der Waals surface area contributed by atoms with Gasteiger partial charge in [-0.25, -0.2) is 4.98 Å². The van der Waals surface area contributed by atoms with Gasteiger partial charge in [0.15, 0.2) is 5.13 Å². The zero-order valence-electron chi connectivity index (χ0n) is 17.6. The van der Waals surface area contributed by atoms with Crippen molar-refractivity contribution in [2.75, 3.05) is 38.1 Å². The molecule has 1 aromatic heterocycles. The lowest BCUT2D eigenvalue weighted by Crippen LogP contribution is -2.43. The van der Waals surface area contributed by atoms with E-state index in [1.54, 1.807) is 30.8 Å². The lowest BCUT2D eigenvalue weighted by atomic mass is 10.1. The lowest BCUT2D eigenvalue weighted by Gasteiger charge is -2.31. The second kappa shape index (κ2) is 9.64. The number of hydrogen-bond acceptors (Lipinski definition) is 7. The number of halogens is 1. The first-order valence-corrected chi connectivity index (χ1v) is 11.4. The molecule has 32 heavy (non-hydrogen) atoms. The summed E-state index contributed by atoms with van der Waals surface area (Å²) in [6.07, 6.45) is 3.33. The second-order valence-electron chi connectivity index (χ2n) is 7.26. The molecule has 0 bridgehead atoms. The summed E-state index contributed by atoms with van der Waals surface area (Å²) in [4.78, 5) is 38.0. The van der Waals surface area contributed by atoms with Crippen LogP contribution in [0.2, 0.25) is 5.02 Å². The van der Waals surface area contributed by atoms with Gasteiger partial charge >= 0.3 is 0 Å². The molecule has 0 unspecified atom stereocenters. The molecule has 1 aromatic carbocycles. The van der Waals surface area contributed by atoms with Gasteiger partial charge in [-0.3, -0.25) is 19.5 Å². The molecule has 0 saturated carbocycles. The molecule has 166 valence electrons. The molecule has 2 N–H and O–H groups in total. The molecule has 1 fully saturated rings. The van der Waals surface area contributed by atoms with Gasteiger partial charge < -0.3 is 15.5 Å². The van der Waals surface area contributed by atoms with Crippen LogP contribution in [0.3, 0.4) is 0 Å². The Balaban J connectivity index is 1.54. The molecule has 8 nitrogen and oxygen atoms in total. The van der Waals surface area contributed by atoms with Crippen molar-refractivity contribution >= 4 is 46.1 Å². The van der Waals surface area contributed by atoms with Gasteiger partial charge in [0.05, 0.1) is 28.5 Å². The van der Waals surface area contributed by atoms with Crippen LogP contribution in [0.4, 0.5) is 5.13 Å². The van der Waals surface area contributed by atoms with Crippen molar-refractivity contribution in [3.63, 3.8) is 0 Å². The number of fused-ring (bicyclic) bond motifs is 1. The molecule has 3 heterocycles. The minimum absolute atomic E-state index is 0.210. The minimum Gasteiger partial charge on any atom is -0.367 e. The highest BCUT2D eigenvalue weighted by atomic mass is 35.5. The first-order valence-electron chi connectivity index (χ1n) is 10.1. The summed E-state index contributed by atoms with van der Waals surface area (Å²) in [6, 6.07) is 5.38. The molecule has 1 saturated heterocycles. The van der Waals surface area contributed by atoms with Gasteiger partial charge in [0.25, 0.3) is 11.8 Å². The van der Waals surface area contributed by atoms with E-state index in [1.807, 2.05) is 12.1 Å². The van der Waals surface area contributed by atoms with Gasteiger partial charge in [-0.2, -0.15) is 0 Å². The van der Waals surface area contributed by atoms with Crippen molar-refractivity contribution < 1.29 is 9.59 Å². The second-order valence-corrected chi connectivity index (χ2v) is 8.51. The van der Waals surface area contributed by atoms with Gasteiger partial charge in [-0.1, -0.05) is 30.3 Å². The van der Waals surface area contributed by atoms with Crippen molar-refractivity contribution in [3.05, 3.63) is 69.5 Å². The number of benzene rings is 1. The maximum atomic E-state index is 13.0. The number of piperazine rings is 1. The predicted octanol–water partition coefficient (Wildman–Crippen LogP) is 2.69. The van der Waals surface area contributed by atoms with E-state index in [-0.39, 0.29) is 17.5 Å². The molecule has 4 rings (SSSR count). The van der Waals surface area contributed by atoms with Crippen LogP contribution < -0.4 is 15.5 Å². The molecular weight excluding hydrogens is 448 g/mol. The van der Waals surface area contributed by atoms with Crippen LogP contribution in [0, 0.1) is 0 Å². The smallest absolute Gasteiger partial charge is 0.275 e. The molecular formula is C22H23ClN6O2S. The van der Waals surface area contributed by atoms with E-state index in [0.717, 1.165) is 37.4 Å². The predicted molar refractivity (Wildman–Crippen MR) is 128 cm³/mol. The third kappa shape index (κ3) is 4.32. The van der Waals surface area contributed by atoms with Crippen molar-refractivity contribution in [3.8, 4) is 0 Å². The number of rotatable bonds is 6. The Morgan fingerprint density at radius 3 is 2.84 bits per heavy atom. The number of anilines is 1. The number of allylic oxidation sites excluding steroid dienone is 2. The number of aliphatic imine (C=N–C) groups is 1. The van der Waals surface area contributed by atoms with Crippen LogP contribution in [0.1, 0.15) is 26.4 Å². The van der Waals surface area contributed by atoms with Gasteiger partial charge in [0, 0.05) is 44.8 Å². The minimum atomic E-state index is -0.376. The number of thiazole rings is 1. The topological polar surface area (TPSA) is 89.9 Å². The highest BCUT2D eigenvalue weighted by Crippen LogP contribution is 2.34. The van der Waals surface area contributed by atoms with E-state index >= 15 is 0 Å². The molecule has 2 aliphatic rings. The van der Waals surface area contributed by atoms with Crippen molar-refractivity contribution in [1.82, 2.24) is 20.5 Å². The summed E-state index contributed by atoms with van der Waals surface area (Å²) in [5.41, 5.74) is 2.93. The van der Waals surface area contributed by atoms with Crippen LogP contribution in [0.15, 0.2) is 52.6 Å². The summed E-state index contributed by atoms with van der Waals surface area (Å²) in [5, 5.41) is 8.72. The number of amides is 2. The lowest BCUT2D eigenvalue weighted by molar-refractivity contribution is 0.0959. The fourth-order valence-electron chi connectivity index (χ4n) is 3.76. The van der Waals surface area contributed by atoms with E-state index in [4.69, 9.17) is 11.6 Å². The maximum Gasteiger partial charge on any atom is 0.275 e. The number of nitrogens with one attached hydrogen (secondary N) is 2. The van der Waals surface area contributed by atoms with Crippen molar-refractivity contribution in [2.45, 2.75) is 6.54 Å². The Bertz CT molecular complexity index is 1120. The largest absolute Gasteiger partial charge is 0.367 e. The molecule has 2 amide bonds. The molecule has 2 aromatic rings. The van der Waals surface area contributed by atoms with Crippen LogP contribution in [-0.2, 0) is 6.54 Å². The highest BCUT2D eigenvalue weighted by Gasteiger charge is 2.32. The van der Waals surface area contributed by atoms with Gasteiger partial charge in [-0.05, 0) is 17.7 Å². The van der Waals surface area contributed by atoms with E-state index in [1.165, 1.54) is 16.2 Å². The fraction of sp³-hybridized carbons (Fsp3) is 0.273. The van der Waals surface area contributed by atoms with Crippen LogP contribution in [-0.4, -0.2) is 61.1 Å². The summed E-state index contributed by atoms with van der Waals surface area (Å²) >= 11 is 7.44. The highest BCUT2D eigenvalue weighted by molar-refractivity contribution is 7.14. The Morgan fingerprint density at radius 2 is 2.16 bits per heavy atom. The standard InChI is InChI=1S/C22H23ClN6O2S/c1-3-18(28-9-7-25-8-10-28)16(11-24-2)26-20(30)17-13-32-22(27-17)29-12-14-5-4-6-15(23)19(14)21(29)31/h3-6,11,13,25H,1,7-10,12H2,2H3,(H,26,30)/b18-16-,24-11?. The average molecular weight is 471 g/mol. The average Bonchev–Trinajstić information content (AvgIpc) is 3.41. The van der Waals surface area contributed by atoms with Crippen LogP contribution >= 0.6 is 22.9 Å². The zero-order valence-corrected chi connectivity index (χ0v) is 19.2. The summed E-state index contributed by atoms with van der Waals surface area (Å²) in [6.45, 7) is 7.60. The van der Waals surface area contributed by atoms with E-state index in [2.05, 4.69) is 32.1 Å². The third-order valence-electron chi connectivity index (χ3n) is 5.28. The van der Waals surface area contributed by atoms with Crippen LogP contribution in [0.25, 0.3) is 0 Å². The van der Waals surface area contributed by atoms with Crippen molar-refractivity contribution in [2.24, 2.45) is 4.99 Å². The number of carbonyl (C=O) groups is 2. The van der Waals surface area contributed by atoms with Gasteiger partial charge in [0.2, 0.25) is 0 Å². The normalized spacial score (nSPS) is 16.9. The summed E-state index contributed by atoms with van der Waals surface area (Å²) in [5.74, 6) is -0.586. The Hall–Kier alpha value is -3.01. The molecule has 0 atom stereocenters. The van der Waals surface area contributed by atoms with Gasteiger partial charge in [-0.15, -0.1) is 11.3 Å². The van der Waals surface area contributed by atoms with E-state index in [0.29, 0.717) is 28.0 Å². The number of nitrogens with zero attached hydrogens (tertiary/aromatic N) is 4. The third-order valence-corrected chi connectivity index (χ3v) is 6.45. The first-order chi connectivity index (χ1) is 15.5. The van der Waals surface area contributed by atoms with Crippen molar-refractivity contribution in [1.29, 1.82) is 0 Å². The Labute approximate surface area is 195 Å². The van der Waals surface area contributed by atoms with Gasteiger partial charge in [0.1, 0.15) is 5.69 Å². The quantitative estimate of drug-likeness (QED) is 0.500. The first kappa shape index (κ1) is 22.2. The Kier molecular flexibility index (Phi) is 6.69. The molecule has 0 spiro atoms. The molecule has 0 aliphatic carbocycles. The molecule has 0 radical (unpaired) electrons. The Morgan fingerprint density at radius 1 is 1.38 bits per heavy atom. The number of hydrogen-bond donors (Lipinski definition) is 2. The SMILES string of the molecule is C=C/C(=C(\C=NC)NC(=O)c1csc(N2Cc3cccc(Cl)c3C2=O)n1)N1CCNCC1. The van der Waals surface area contributed by atoms with E-state index < -0.39 is 0 Å². The molecule has 10 heteroatoms.